The fourth-order valence-electron chi connectivity index (χ4n) is 3.02. The van der Waals surface area contributed by atoms with Crippen molar-refractivity contribution in [3.05, 3.63) is 28.7 Å². The number of thioether (sulfide) groups is 1. The molecule has 0 N–H and O–H groups in total. The van der Waals surface area contributed by atoms with Gasteiger partial charge in [0.05, 0.1) is 0 Å². The van der Waals surface area contributed by atoms with Crippen LogP contribution < -0.4 is 0 Å². The van der Waals surface area contributed by atoms with Crippen LogP contribution in [0.5, 0.6) is 0 Å². The minimum atomic E-state index is 1.17. The monoisotopic (exact) mass is 412 g/mol. The minimum Gasteiger partial charge on any atom is -0.126 e. The van der Waals surface area contributed by atoms with Crippen molar-refractivity contribution in [2.75, 3.05) is 5.75 Å². The second-order valence-corrected chi connectivity index (χ2v) is 8.98. The number of rotatable bonds is 16. The Bertz CT molecular complexity index is 374. The molecule has 138 valence electrons. The van der Waals surface area contributed by atoms with Crippen LogP contribution in [0.4, 0.5) is 0 Å². The van der Waals surface area contributed by atoms with Crippen molar-refractivity contribution >= 4 is 27.7 Å². The summed E-state index contributed by atoms with van der Waals surface area (Å²) in [5, 5.41) is 0. The molecule has 1 aromatic carbocycles. The third-order valence-corrected chi connectivity index (χ3v) is 6.21. The Kier molecular flexibility index (Phi) is 15.2. The Morgan fingerprint density at radius 3 is 1.50 bits per heavy atom. The molecule has 24 heavy (non-hydrogen) atoms. The fourth-order valence-corrected chi connectivity index (χ4v) is 4.19. The zero-order valence-corrected chi connectivity index (χ0v) is 18.1. The zero-order chi connectivity index (χ0) is 17.3. The van der Waals surface area contributed by atoms with Crippen LogP contribution in [0.2, 0.25) is 0 Å². The highest BCUT2D eigenvalue weighted by Gasteiger charge is 1.96. The van der Waals surface area contributed by atoms with Gasteiger partial charge in [0.15, 0.2) is 0 Å². The van der Waals surface area contributed by atoms with E-state index in [4.69, 9.17) is 0 Å². The molecule has 0 radical (unpaired) electrons. The molecule has 0 aliphatic heterocycles. The summed E-state index contributed by atoms with van der Waals surface area (Å²) in [4.78, 5) is 1.40. The average molecular weight is 414 g/mol. The van der Waals surface area contributed by atoms with Gasteiger partial charge in [-0.05, 0) is 36.4 Å². The first-order valence-electron chi connectivity index (χ1n) is 10.2. The first-order valence-corrected chi connectivity index (χ1v) is 12.0. The Labute approximate surface area is 163 Å². The highest BCUT2D eigenvalue weighted by atomic mass is 79.9. The standard InChI is InChI=1S/C22H37BrS/c1-2-3-4-5-6-7-8-9-10-11-12-13-14-15-20-24-22-18-16-21(23)17-19-22/h16-19H,2-15,20H2,1H3. The summed E-state index contributed by atoms with van der Waals surface area (Å²) in [5.41, 5.74) is 0. The second-order valence-electron chi connectivity index (χ2n) is 6.90. The number of hydrogen-bond donors (Lipinski definition) is 0. The van der Waals surface area contributed by atoms with Crippen LogP contribution in [0.1, 0.15) is 96.8 Å². The molecule has 0 nitrogen and oxygen atoms in total. The predicted molar refractivity (Wildman–Crippen MR) is 115 cm³/mol. The topological polar surface area (TPSA) is 0 Å². The molecule has 0 aromatic heterocycles. The van der Waals surface area contributed by atoms with E-state index in [0.717, 1.165) is 0 Å². The highest BCUT2D eigenvalue weighted by Crippen LogP contribution is 2.22. The maximum atomic E-state index is 3.49. The van der Waals surface area contributed by atoms with Crippen molar-refractivity contribution in [3.63, 3.8) is 0 Å². The van der Waals surface area contributed by atoms with Crippen molar-refractivity contribution in [1.82, 2.24) is 0 Å². The Hall–Kier alpha value is 0.0500. The first kappa shape index (κ1) is 22.1. The van der Waals surface area contributed by atoms with Gasteiger partial charge in [-0.2, -0.15) is 0 Å². The van der Waals surface area contributed by atoms with Crippen LogP contribution in [-0.2, 0) is 0 Å². The summed E-state index contributed by atoms with van der Waals surface area (Å²) in [5.74, 6) is 1.26. The number of halogens is 1. The lowest BCUT2D eigenvalue weighted by Gasteiger charge is -2.04. The molecule has 0 heterocycles. The molecule has 0 saturated heterocycles. The molecule has 2 heteroatoms. The third-order valence-electron chi connectivity index (χ3n) is 4.58. The van der Waals surface area contributed by atoms with Gasteiger partial charge < -0.3 is 0 Å². The minimum absolute atomic E-state index is 1.17. The van der Waals surface area contributed by atoms with E-state index in [1.807, 2.05) is 11.8 Å². The number of hydrogen-bond acceptors (Lipinski definition) is 1. The van der Waals surface area contributed by atoms with Crippen LogP contribution in [0.15, 0.2) is 33.6 Å². The van der Waals surface area contributed by atoms with E-state index in [-0.39, 0.29) is 0 Å². The summed E-state index contributed by atoms with van der Waals surface area (Å²) < 4.78 is 1.17. The normalized spacial score (nSPS) is 11.1. The van der Waals surface area contributed by atoms with Crippen molar-refractivity contribution in [2.45, 2.75) is 102 Å². The molecule has 1 aromatic rings. The fraction of sp³-hybridized carbons (Fsp3) is 0.727. The summed E-state index contributed by atoms with van der Waals surface area (Å²) in [6.45, 7) is 2.29. The third kappa shape index (κ3) is 13.4. The van der Waals surface area contributed by atoms with E-state index in [9.17, 15) is 0 Å². The van der Waals surface area contributed by atoms with Gasteiger partial charge in [0.25, 0.3) is 0 Å². The molecule has 1 rings (SSSR count). The van der Waals surface area contributed by atoms with Crippen LogP contribution in [0, 0.1) is 0 Å². The molecule has 0 bridgehead atoms. The van der Waals surface area contributed by atoms with Crippen LogP contribution in [-0.4, -0.2) is 5.75 Å². The SMILES string of the molecule is CCCCCCCCCCCCCCCCSc1ccc(Br)cc1. The van der Waals surface area contributed by atoms with Gasteiger partial charge >= 0.3 is 0 Å². The number of benzene rings is 1. The predicted octanol–water partition coefficient (Wildman–Crippen LogP) is 9.02. The van der Waals surface area contributed by atoms with Crippen molar-refractivity contribution in [2.24, 2.45) is 0 Å². The van der Waals surface area contributed by atoms with Gasteiger partial charge in [0, 0.05) is 9.37 Å². The highest BCUT2D eigenvalue weighted by molar-refractivity contribution is 9.10. The van der Waals surface area contributed by atoms with Gasteiger partial charge in [-0.3, -0.25) is 0 Å². The molecule has 0 atom stereocenters. The van der Waals surface area contributed by atoms with Gasteiger partial charge in [0.1, 0.15) is 0 Å². The summed E-state index contributed by atoms with van der Waals surface area (Å²) in [7, 11) is 0. The van der Waals surface area contributed by atoms with E-state index in [0.29, 0.717) is 0 Å². The number of unbranched alkanes of at least 4 members (excludes halogenated alkanes) is 13. The lowest BCUT2D eigenvalue weighted by molar-refractivity contribution is 0.538. The van der Waals surface area contributed by atoms with Gasteiger partial charge in [-0.25, -0.2) is 0 Å². The van der Waals surface area contributed by atoms with Crippen molar-refractivity contribution in [3.8, 4) is 0 Å². The zero-order valence-electron chi connectivity index (χ0n) is 15.7. The van der Waals surface area contributed by atoms with Crippen molar-refractivity contribution in [1.29, 1.82) is 0 Å². The molecule has 0 saturated carbocycles. The molecular weight excluding hydrogens is 376 g/mol. The summed E-state index contributed by atoms with van der Waals surface area (Å²) in [6, 6.07) is 8.68. The van der Waals surface area contributed by atoms with Crippen LogP contribution in [0.3, 0.4) is 0 Å². The van der Waals surface area contributed by atoms with E-state index in [1.165, 1.54) is 105 Å². The molecule has 0 unspecified atom stereocenters. The lowest BCUT2D eigenvalue weighted by atomic mass is 10.0. The average Bonchev–Trinajstić information content (AvgIpc) is 2.60. The van der Waals surface area contributed by atoms with Crippen LogP contribution >= 0.6 is 27.7 Å². The largest absolute Gasteiger partial charge is 0.126 e. The first-order chi connectivity index (χ1) is 11.8. The molecule has 0 aliphatic rings. The Morgan fingerprint density at radius 1 is 0.625 bits per heavy atom. The Morgan fingerprint density at radius 2 is 1.04 bits per heavy atom. The van der Waals surface area contributed by atoms with E-state index in [1.54, 1.807) is 0 Å². The smallest absolute Gasteiger partial charge is 0.0176 e. The van der Waals surface area contributed by atoms with Gasteiger partial charge in [-0.1, -0.05) is 106 Å². The molecule has 0 amide bonds. The van der Waals surface area contributed by atoms with E-state index in [2.05, 4.69) is 47.1 Å². The quantitative estimate of drug-likeness (QED) is 0.192. The molecule has 0 aliphatic carbocycles. The van der Waals surface area contributed by atoms with Crippen LogP contribution in [0.25, 0.3) is 0 Å². The summed E-state index contributed by atoms with van der Waals surface area (Å²) in [6.07, 6.45) is 20.1. The van der Waals surface area contributed by atoms with Crippen molar-refractivity contribution < 1.29 is 0 Å². The lowest BCUT2D eigenvalue weighted by Crippen LogP contribution is -1.84. The molecule has 0 fully saturated rings. The van der Waals surface area contributed by atoms with Gasteiger partial charge in [-0.15, -0.1) is 11.8 Å². The molecule has 0 spiro atoms. The second kappa shape index (κ2) is 16.5. The maximum absolute atomic E-state index is 3.49. The maximum Gasteiger partial charge on any atom is 0.0176 e. The Balaban J connectivity index is 1.75. The van der Waals surface area contributed by atoms with E-state index < -0.39 is 0 Å². The molecular formula is C22H37BrS. The summed E-state index contributed by atoms with van der Waals surface area (Å²) >= 11 is 5.48. The van der Waals surface area contributed by atoms with E-state index >= 15 is 0 Å². The van der Waals surface area contributed by atoms with Gasteiger partial charge in [0.2, 0.25) is 0 Å².